The minimum absolute atomic E-state index is 1.12. The summed E-state index contributed by atoms with van der Waals surface area (Å²) in [5, 5.41) is 5.58. The van der Waals surface area contributed by atoms with Crippen molar-refractivity contribution in [2.45, 2.75) is 0 Å². The van der Waals surface area contributed by atoms with E-state index in [4.69, 9.17) is 0 Å². The molecule has 0 spiro atoms. The Kier molecular flexibility index (Phi) is 5.02. The quantitative estimate of drug-likeness (QED) is 0.417. The molecule has 2 heteroatoms. The van der Waals surface area contributed by atoms with Gasteiger partial charge in [-0.3, -0.25) is 0 Å². The predicted octanol–water partition coefficient (Wildman–Crippen LogP) is 4.80. The molecular formula is C24H20BrP. The van der Waals surface area contributed by atoms with Gasteiger partial charge in [0.05, 0.1) is 0 Å². The van der Waals surface area contributed by atoms with E-state index in [1.54, 1.807) is 0 Å². The maximum absolute atomic E-state index is 3.69. The summed E-state index contributed by atoms with van der Waals surface area (Å²) >= 11 is 3.69. The van der Waals surface area contributed by atoms with E-state index in [0.29, 0.717) is 0 Å². The van der Waals surface area contributed by atoms with Crippen LogP contribution in [0.1, 0.15) is 0 Å². The second-order valence-corrected chi connectivity index (χ2v) is 11.1. The van der Waals surface area contributed by atoms with E-state index in [-0.39, 0.29) is 0 Å². The summed E-state index contributed by atoms with van der Waals surface area (Å²) < 4.78 is 1.12. The topological polar surface area (TPSA) is 0 Å². The Balaban J connectivity index is 2.14. The van der Waals surface area contributed by atoms with Gasteiger partial charge in [0.25, 0.3) is 0 Å². The van der Waals surface area contributed by atoms with Crippen LogP contribution in [-0.4, -0.2) is 0 Å². The van der Waals surface area contributed by atoms with Crippen LogP contribution in [0.5, 0.6) is 0 Å². The second-order valence-electron chi connectivity index (χ2n) is 6.36. The van der Waals surface area contributed by atoms with Gasteiger partial charge in [-0.15, -0.1) is 0 Å². The van der Waals surface area contributed by atoms with Gasteiger partial charge in [0.2, 0.25) is 0 Å². The molecule has 0 unspecified atom stereocenters. The van der Waals surface area contributed by atoms with E-state index in [1.165, 1.54) is 21.2 Å². The van der Waals surface area contributed by atoms with Gasteiger partial charge >= 0.3 is 164 Å². The fourth-order valence-corrected chi connectivity index (χ4v) is 9.19. The van der Waals surface area contributed by atoms with E-state index in [1.807, 2.05) is 0 Å². The normalized spacial score (nSPS) is 11.9. The first-order valence-electron chi connectivity index (χ1n) is 8.74. The number of benzene rings is 4. The van der Waals surface area contributed by atoms with Gasteiger partial charge in [-0.1, -0.05) is 0 Å². The Morgan fingerprint density at radius 3 is 1.19 bits per heavy atom. The van der Waals surface area contributed by atoms with Crippen molar-refractivity contribution < 1.29 is 0 Å². The zero-order valence-electron chi connectivity index (χ0n) is 14.3. The molecule has 0 amide bonds. The average Bonchev–Trinajstić information content (AvgIpc) is 2.71. The number of hydrogen-bond acceptors (Lipinski definition) is 0. The third kappa shape index (κ3) is 3.03. The molecule has 0 fully saturated rings. The molecule has 4 rings (SSSR count). The summed E-state index contributed by atoms with van der Waals surface area (Å²) in [5.74, 6) is 0. The summed E-state index contributed by atoms with van der Waals surface area (Å²) in [5.41, 5.74) is 0. The summed E-state index contributed by atoms with van der Waals surface area (Å²) in [6, 6.07) is 41.7. The van der Waals surface area contributed by atoms with Crippen LogP contribution in [0.3, 0.4) is 0 Å². The molecule has 0 saturated carbocycles. The molecule has 0 aliphatic rings. The third-order valence-corrected chi connectivity index (χ3v) is 10.1. The molecule has 0 nitrogen and oxygen atoms in total. The van der Waals surface area contributed by atoms with Crippen LogP contribution in [-0.2, 0) is 0 Å². The zero-order valence-corrected chi connectivity index (χ0v) is 16.9. The molecule has 0 aliphatic heterocycles. The Labute approximate surface area is 164 Å². The van der Waals surface area contributed by atoms with Crippen molar-refractivity contribution in [2.75, 3.05) is 0 Å². The van der Waals surface area contributed by atoms with Crippen LogP contribution in [0.2, 0.25) is 0 Å². The maximum atomic E-state index is 3.69. The second kappa shape index (κ2) is 7.58. The minimum atomic E-state index is -2.36. The van der Waals surface area contributed by atoms with Crippen molar-refractivity contribution in [1.29, 1.82) is 0 Å². The van der Waals surface area contributed by atoms with E-state index < -0.39 is 7.26 Å². The van der Waals surface area contributed by atoms with Crippen LogP contribution in [0.25, 0.3) is 0 Å². The standard InChI is InChI=1S/C24H20BrP/c25-20-11-10-18-24(19-20)26(21-12-4-1-5-13-21,22-14-6-2-7-15-22)23-16-8-3-9-17-23/h1-19,26H. The van der Waals surface area contributed by atoms with E-state index in [2.05, 4.69) is 131 Å². The molecule has 0 aliphatic carbocycles. The summed E-state index contributed by atoms with van der Waals surface area (Å²) in [7, 11) is -2.36. The molecule has 0 heterocycles. The Morgan fingerprint density at radius 1 is 0.423 bits per heavy atom. The van der Waals surface area contributed by atoms with E-state index >= 15 is 0 Å². The van der Waals surface area contributed by atoms with Crippen molar-refractivity contribution in [3.63, 3.8) is 0 Å². The number of halogens is 1. The molecule has 0 saturated heterocycles. The van der Waals surface area contributed by atoms with Crippen LogP contribution < -0.4 is 21.2 Å². The van der Waals surface area contributed by atoms with Gasteiger partial charge in [0.1, 0.15) is 0 Å². The van der Waals surface area contributed by atoms with Crippen molar-refractivity contribution in [1.82, 2.24) is 0 Å². The molecule has 128 valence electrons. The first-order chi connectivity index (χ1) is 12.8. The summed E-state index contributed by atoms with van der Waals surface area (Å²) in [6.45, 7) is 0. The van der Waals surface area contributed by atoms with E-state index in [0.717, 1.165) is 4.47 Å². The van der Waals surface area contributed by atoms with Crippen LogP contribution in [0.15, 0.2) is 120 Å². The van der Waals surface area contributed by atoms with Gasteiger partial charge in [0, 0.05) is 0 Å². The molecule has 4 aromatic carbocycles. The van der Waals surface area contributed by atoms with E-state index in [9.17, 15) is 0 Å². The Hall–Kier alpha value is -2.21. The fraction of sp³-hybridized carbons (Fsp3) is 0. The summed E-state index contributed by atoms with van der Waals surface area (Å²) in [6.07, 6.45) is 0. The molecule has 0 radical (unpaired) electrons. The van der Waals surface area contributed by atoms with Crippen LogP contribution >= 0.6 is 23.2 Å². The molecule has 26 heavy (non-hydrogen) atoms. The fourth-order valence-electron chi connectivity index (χ4n) is 3.79. The van der Waals surface area contributed by atoms with Crippen molar-refractivity contribution in [2.24, 2.45) is 0 Å². The number of rotatable bonds is 4. The monoisotopic (exact) mass is 418 g/mol. The number of hydrogen-bond donors (Lipinski definition) is 0. The van der Waals surface area contributed by atoms with Gasteiger partial charge in [-0.2, -0.15) is 0 Å². The Morgan fingerprint density at radius 2 is 0.808 bits per heavy atom. The SMILES string of the molecule is Brc1cccc([PH](c2ccccc2)(c2ccccc2)c2ccccc2)c1. The molecule has 0 aromatic heterocycles. The average molecular weight is 419 g/mol. The van der Waals surface area contributed by atoms with Crippen molar-refractivity contribution in [3.8, 4) is 0 Å². The predicted molar refractivity (Wildman–Crippen MR) is 120 cm³/mol. The van der Waals surface area contributed by atoms with Gasteiger partial charge in [-0.05, 0) is 0 Å². The zero-order chi connectivity index (χ0) is 17.8. The first kappa shape index (κ1) is 17.2. The van der Waals surface area contributed by atoms with Gasteiger partial charge in [-0.25, -0.2) is 0 Å². The first-order valence-corrected chi connectivity index (χ1v) is 11.5. The molecule has 4 aromatic rings. The molecule has 0 N–H and O–H groups in total. The van der Waals surface area contributed by atoms with Gasteiger partial charge < -0.3 is 0 Å². The van der Waals surface area contributed by atoms with Gasteiger partial charge in [0.15, 0.2) is 0 Å². The summed E-state index contributed by atoms with van der Waals surface area (Å²) in [4.78, 5) is 0. The molecule has 0 atom stereocenters. The van der Waals surface area contributed by atoms with Crippen molar-refractivity contribution in [3.05, 3.63) is 120 Å². The van der Waals surface area contributed by atoms with Crippen LogP contribution in [0.4, 0.5) is 0 Å². The molecular weight excluding hydrogens is 399 g/mol. The third-order valence-electron chi connectivity index (χ3n) is 4.88. The molecule has 0 bridgehead atoms. The van der Waals surface area contributed by atoms with Crippen LogP contribution in [0, 0.1) is 0 Å². The Bertz CT molecular complexity index is 885. The van der Waals surface area contributed by atoms with Crippen molar-refractivity contribution >= 4 is 44.4 Å².